The number of ether oxygens (including phenoxy) is 1. The Bertz CT molecular complexity index is 1170. The number of hydrogen-bond donors (Lipinski definition) is 5. The number of carbonyl (C=O) groups is 1. The summed E-state index contributed by atoms with van der Waals surface area (Å²) in [5.41, 5.74) is 4.83. The molecule has 1 aliphatic rings. The maximum atomic E-state index is 12.7. The fourth-order valence-electron chi connectivity index (χ4n) is 3.28. The maximum absolute atomic E-state index is 12.7. The molecule has 30 heavy (non-hydrogen) atoms. The molecule has 0 saturated heterocycles. The zero-order valence-electron chi connectivity index (χ0n) is 15.9. The summed E-state index contributed by atoms with van der Waals surface area (Å²) in [5.74, 6) is 0.156. The molecular formula is C21H19N3O5S. The predicted octanol–water partition coefficient (Wildman–Crippen LogP) is 3.60. The first-order chi connectivity index (χ1) is 14.4. The van der Waals surface area contributed by atoms with Crippen LogP contribution in [0.2, 0.25) is 0 Å². The SMILES string of the molecule is COc1cc(-c2ccc3c(c2)Nc2ccc(CNS(=O)O)cc2NC3=O)ccc1O. The van der Waals surface area contributed by atoms with E-state index in [1.54, 1.807) is 42.5 Å². The van der Waals surface area contributed by atoms with Gasteiger partial charge in [-0.1, -0.05) is 18.2 Å². The molecule has 3 aromatic rings. The second kappa shape index (κ2) is 8.15. The Hall–Kier alpha value is -3.40. The number of rotatable bonds is 5. The minimum Gasteiger partial charge on any atom is -0.504 e. The molecule has 0 bridgehead atoms. The zero-order valence-corrected chi connectivity index (χ0v) is 16.7. The summed E-state index contributed by atoms with van der Waals surface area (Å²) < 4.78 is 27.3. The second-order valence-electron chi connectivity index (χ2n) is 6.68. The molecule has 1 amide bonds. The van der Waals surface area contributed by atoms with Gasteiger partial charge in [-0.2, -0.15) is 0 Å². The van der Waals surface area contributed by atoms with Gasteiger partial charge in [0.2, 0.25) is 11.3 Å². The standard InChI is InChI=1S/C21H19N3O5S/c1-29-20-10-14(4-7-19(20)25)13-3-5-15-17(9-13)23-16-6-2-12(11-22-30(27)28)8-18(16)24-21(15)26/h2-10,22-23,25H,11H2,1H3,(H,24,26)(H,27,28). The van der Waals surface area contributed by atoms with Gasteiger partial charge in [-0.25, -0.2) is 8.93 Å². The first kappa shape index (κ1) is 19.9. The number of phenols is 1. The lowest BCUT2D eigenvalue weighted by atomic mass is 10.0. The fourth-order valence-corrected chi connectivity index (χ4v) is 3.57. The lowest BCUT2D eigenvalue weighted by molar-refractivity contribution is 0.102. The first-order valence-electron chi connectivity index (χ1n) is 9.01. The Morgan fingerprint density at radius 1 is 0.967 bits per heavy atom. The van der Waals surface area contributed by atoms with Crippen molar-refractivity contribution < 1.29 is 23.4 Å². The Balaban J connectivity index is 1.69. The molecule has 1 aliphatic heterocycles. The summed E-state index contributed by atoms with van der Waals surface area (Å²) in [6.45, 7) is 0.187. The van der Waals surface area contributed by atoms with Crippen molar-refractivity contribution in [1.82, 2.24) is 4.72 Å². The number of fused-ring (bicyclic) bond motifs is 2. The van der Waals surface area contributed by atoms with Crippen LogP contribution in [-0.4, -0.2) is 26.9 Å². The highest BCUT2D eigenvalue weighted by Gasteiger charge is 2.20. The average molecular weight is 425 g/mol. The first-order valence-corrected chi connectivity index (χ1v) is 10.1. The molecule has 0 aliphatic carbocycles. The van der Waals surface area contributed by atoms with Crippen LogP contribution in [0.4, 0.5) is 17.1 Å². The second-order valence-corrected chi connectivity index (χ2v) is 7.46. The number of amides is 1. The number of aromatic hydroxyl groups is 1. The van der Waals surface area contributed by atoms with Gasteiger partial charge >= 0.3 is 0 Å². The normalized spacial score (nSPS) is 13.3. The van der Waals surface area contributed by atoms with Crippen LogP contribution < -0.4 is 20.1 Å². The van der Waals surface area contributed by atoms with Crippen molar-refractivity contribution in [2.24, 2.45) is 0 Å². The minimum atomic E-state index is -2.11. The van der Waals surface area contributed by atoms with Gasteiger partial charge in [0.1, 0.15) is 0 Å². The van der Waals surface area contributed by atoms with Gasteiger partial charge < -0.3 is 20.5 Å². The van der Waals surface area contributed by atoms with Crippen LogP contribution in [0.15, 0.2) is 54.6 Å². The smallest absolute Gasteiger partial charge is 0.257 e. The Labute approximate surface area is 175 Å². The summed E-state index contributed by atoms with van der Waals surface area (Å²) in [6.07, 6.45) is 0. The van der Waals surface area contributed by atoms with Crippen LogP contribution in [-0.2, 0) is 17.8 Å². The predicted molar refractivity (Wildman–Crippen MR) is 115 cm³/mol. The van der Waals surface area contributed by atoms with Gasteiger partial charge in [-0.15, -0.1) is 0 Å². The van der Waals surface area contributed by atoms with E-state index in [1.807, 2.05) is 12.1 Å². The number of carbonyl (C=O) groups excluding carboxylic acids is 1. The summed E-state index contributed by atoms with van der Waals surface area (Å²) in [4.78, 5) is 12.7. The molecule has 1 atom stereocenters. The topological polar surface area (TPSA) is 120 Å². The maximum Gasteiger partial charge on any atom is 0.257 e. The van der Waals surface area contributed by atoms with Gasteiger partial charge in [0.05, 0.1) is 29.7 Å². The average Bonchev–Trinajstić information content (AvgIpc) is 2.87. The minimum absolute atomic E-state index is 0.0535. The summed E-state index contributed by atoms with van der Waals surface area (Å²) in [6, 6.07) is 15.8. The molecule has 3 aromatic carbocycles. The highest BCUT2D eigenvalue weighted by Crippen LogP contribution is 2.37. The molecular weight excluding hydrogens is 406 g/mol. The lowest BCUT2D eigenvalue weighted by Crippen LogP contribution is -2.16. The molecule has 4 rings (SSSR count). The van der Waals surface area contributed by atoms with E-state index in [0.29, 0.717) is 28.4 Å². The molecule has 154 valence electrons. The van der Waals surface area contributed by atoms with Crippen LogP contribution in [0, 0.1) is 0 Å². The number of nitrogens with one attached hydrogen (secondary N) is 3. The van der Waals surface area contributed by atoms with E-state index in [9.17, 15) is 14.1 Å². The van der Waals surface area contributed by atoms with Crippen LogP contribution in [0.25, 0.3) is 11.1 Å². The Morgan fingerprint density at radius 3 is 2.50 bits per heavy atom. The molecule has 0 fully saturated rings. The third kappa shape index (κ3) is 3.99. The highest BCUT2D eigenvalue weighted by molar-refractivity contribution is 7.77. The molecule has 0 spiro atoms. The largest absolute Gasteiger partial charge is 0.504 e. The number of benzene rings is 3. The number of methoxy groups -OCH3 is 1. The quantitative estimate of drug-likeness (QED) is 0.399. The van der Waals surface area contributed by atoms with Crippen LogP contribution in [0.1, 0.15) is 15.9 Å². The molecule has 9 heteroatoms. The van der Waals surface area contributed by atoms with Gasteiger partial charge in [-0.3, -0.25) is 9.35 Å². The highest BCUT2D eigenvalue weighted by atomic mass is 32.2. The van der Waals surface area contributed by atoms with Crippen molar-refractivity contribution in [3.8, 4) is 22.6 Å². The summed E-state index contributed by atoms with van der Waals surface area (Å²) in [7, 11) is 1.49. The van der Waals surface area contributed by atoms with Crippen molar-refractivity contribution in [3.05, 3.63) is 65.7 Å². The number of hydrogen-bond acceptors (Lipinski definition) is 5. The van der Waals surface area contributed by atoms with E-state index in [0.717, 1.165) is 16.7 Å². The van der Waals surface area contributed by atoms with Gasteiger partial charge in [-0.05, 0) is 53.1 Å². The molecule has 5 N–H and O–H groups in total. The molecule has 0 saturated carbocycles. The third-order valence-corrected chi connectivity index (χ3v) is 5.17. The fraction of sp³-hybridized carbons (Fsp3) is 0.0952. The van der Waals surface area contributed by atoms with Crippen molar-refractivity contribution in [3.63, 3.8) is 0 Å². The summed E-state index contributed by atoms with van der Waals surface area (Å²) in [5, 5.41) is 16.0. The van der Waals surface area contributed by atoms with E-state index < -0.39 is 11.3 Å². The Morgan fingerprint density at radius 2 is 1.73 bits per heavy atom. The van der Waals surface area contributed by atoms with E-state index in [-0.39, 0.29) is 18.2 Å². The molecule has 8 nitrogen and oxygen atoms in total. The van der Waals surface area contributed by atoms with Crippen molar-refractivity contribution in [2.75, 3.05) is 17.7 Å². The van der Waals surface area contributed by atoms with Gasteiger partial charge in [0.25, 0.3) is 5.91 Å². The number of anilines is 3. The monoisotopic (exact) mass is 425 g/mol. The molecule has 0 aromatic heterocycles. The van der Waals surface area contributed by atoms with Crippen molar-refractivity contribution in [2.45, 2.75) is 6.54 Å². The summed E-state index contributed by atoms with van der Waals surface area (Å²) >= 11 is -2.11. The van der Waals surface area contributed by atoms with E-state index >= 15 is 0 Å². The Kier molecular flexibility index (Phi) is 5.40. The van der Waals surface area contributed by atoms with E-state index in [1.165, 1.54) is 7.11 Å². The van der Waals surface area contributed by atoms with Crippen LogP contribution >= 0.6 is 0 Å². The molecule has 1 unspecified atom stereocenters. The van der Waals surface area contributed by atoms with Crippen molar-refractivity contribution >= 4 is 34.2 Å². The molecule has 1 heterocycles. The lowest BCUT2D eigenvalue weighted by Gasteiger charge is -2.12. The van der Waals surface area contributed by atoms with E-state index in [4.69, 9.17) is 9.29 Å². The number of phenolic OH excluding ortho intramolecular Hbond substituents is 1. The van der Waals surface area contributed by atoms with Crippen LogP contribution in [0.3, 0.4) is 0 Å². The van der Waals surface area contributed by atoms with E-state index in [2.05, 4.69) is 15.4 Å². The molecule has 0 radical (unpaired) electrons. The van der Waals surface area contributed by atoms with Gasteiger partial charge in [0, 0.05) is 6.54 Å². The third-order valence-electron chi connectivity index (χ3n) is 4.78. The van der Waals surface area contributed by atoms with Crippen molar-refractivity contribution in [1.29, 1.82) is 0 Å². The van der Waals surface area contributed by atoms with Gasteiger partial charge in [0.15, 0.2) is 11.5 Å². The zero-order chi connectivity index (χ0) is 21.3. The van der Waals surface area contributed by atoms with Crippen LogP contribution in [0.5, 0.6) is 11.5 Å².